The van der Waals surface area contributed by atoms with Gasteiger partial charge in [-0.25, -0.2) is 0 Å². The Morgan fingerprint density at radius 3 is 2.85 bits per heavy atom. The van der Waals surface area contributed by atoms with Gasteiger partial charge in [-0.1, -0.05) is 6.07 Å². The number of hydrogen-bond acceptors (Lipinski definition) is 6. The minimum atomic E-state index is 0.0748. The molecule has 0 atom stereocenters. The molecule has 0 N–H and O–H groups in total. The van der Waals surface area contributed by atoms with Gasteiger partial charge in [-0.15, -0.1) is 10.2 Å². The first kappa shape index (κ1) is 15.6. The summed E-state index contributed by atoms with van der Waals surface area (Å²) >= 11 is 0. The Balaban J connectivity index is 1.61. The van der Waals surface area contributed by atoms with Crippen LogP contribution >= 0.6 is 0 Å². The minimum Gasteiger partial charge on any atom is -0.421 e. The number of pyridine rings is 1. The van der Waals surface area contributed by atoms with Crippen molar-refractivity contribution in [3.8, 4) is 11.5 Å². The van der Waals surface area contributed by atoms with Gasteiger partial charge in [-0.2, -0.15) is 0 Å². The van der Waals surface area contributed by atoms with E-state index < -0.39 is 0 Å². The predicted molar refractivity (Wildman–Crippen MR) is 98.7 cm³/mol. The maximum absolute atomic E-state index is 12.7. The van der Waals surface area contributed by atoms with E-state index in [9.17, 15) is 4.79 Å². The molecule has 6 nitrogen and oxygen atoms in total. The number of likely N-dealkylation sites (tertiary alicyclic amines) is 1. The fourth-order valence-electron chi connectivity index (χ4n) is 3.39. The number of benzene rings is 1. The van der Waals surface area contributed by atoms with Gasteiger partial charge < -0.3 is 9.32 Å². The normalized spacial score (nSPS) is 16.8. The highest BCUT2D eigenvalue weighted by molar-refractivity contribution is 5.88. The molecule has 6 heteroatoms. The predicted octanol–water partition coefficient (Wildman–Crippen LogP) is 3.05. The largest absolute Gasteiger partial charge is 0.421 e. The first-order valence-electron chi connectivity index (χ1n) is 9.41. The molecular formula is C20H22N4O2. The summed E-state index contributed by atoms with van der Waals surface area (Å²) in [5.74, 6) is 1.18. The quantitative estimate of drug-likeness (QED) is 0.719. The van der Waals surface area contributed by atoms with E-state index in [0.29, 0.717) is 23.5 Å². The Morgan fingerprint density at radius 2 is 2.12 bits per heavy atom. The molecule has 1 aromatic carbocycles. The molecule has 1 saturated heterocycles. The van der Waals surface area contributed by atoms with Crippen LogP contribution in [0.3, 0.4) is 0 Å². The molecule has 0 radical (unpaired) electrons. The Hall–Kier alpha value is -2.60. The van der Waals surface area contributed by atoms with E-state index in [1.165, 1.54) is 0 Å². The highest BCUT2D eigenvalue weighted by atomic mass is 16.4. The smallest absolute Gasteiger partial charge is 0.247 e. The number of piperidine rings is 1. The Morgan fingerprint density at radius 1 is 1.31 bits per heavy atom. The number of ketones is 1. The summed E-state index contributed by atoms with van der Waals surface area (Å²) in [5.41, 5.74) is 1.29. The molecule has 0 saturated carbocycles. The lowest BCUT2D eigenvalue weighted by molar-refractivity contribution is -0.123. The molecular weight excluding hydrogens is 328 g/mol. The molecule has 0 unspecified atom stereocenters. The summed E-state index contributed by atoms with van der Waals surface area (Å²) < 4.78 is 14.0. The average molecular weight is 351 g/mol. The van der Waals surface area contributed by atoms with Crippen molar-refractivity contribution < 1.29 is 10.6 Å². The first-order valence-corrected chi connectivity index (χ1v) is 8.91. The Labute approximate surface area is 153 Å². The molecule has 4 rings (SSSR count). The summed E-state index contributed by atoms with van der Waals surface area (Å²) in [6.07, 6.45) is 3.72. The van der Waals surface area contributed by atoms with Crippen molar-refractivity contribution in [2.75, 3.05) is 20.1 Å². The van der Waals surface area contributed by atoms with Crippen LogP contribution in [0.25, 0.3) is 22.2 Å². The molecule has 26 heavy (non-hydrogen) atoms. The molecule has 0 amide bonds. The monoisotopic (exact) mass is 351 g/mol. The molecule has 0 aliphatic carbocycles. The summed E-state index contributed by atoms with van der Waals surface area (Å²) in [5, 5.41) is 9.49. The summed E-state index contributed by atoms with van der Waals surface area (Å²) in [4.78, 5) is 19.3. The molecule has 0 spiro atoms. The number of rotatable bonds is 4. The van der Waals surface area contributed by atoms with Gasteiger partial charge in [0.25, 0.3) is 0 Å². The number of aryl methyl sites for hydroxylation is 1. The van der Waals surface area contributed by atoms with Crippen molar-refractivity contribution in [2.24, 2.45) is 5.92 Å². The van der Waals surface area contributed by atoms with Crippen LogP contribution in [0, 0.1) is 12.8 Å². The van der Waals surface area contributed by atoms with Gasteiger partial charge in [0.2, 0.25) is 11.8 Å². The van der Waals surface area contributed by atoms with Crippen LogP contribution in [0.4, 0.5) is 0 Å². The number of Topliss-reactive ketones (excluding diaryl/α,β-unsaturated/α-hetero) is 1. The second kappa shape index (κ2) is 6.96. The van der Waals surface area contributed by atoms with E-state index in [2.05, 4.69) is 27.1 Å². The number of fused-ring (bicyclic) bond motifs is 1. The van der Waals surface area contributed by atoms with Gasteiger partial charge in [0.15, 0.2) is 0 Å². The zero-order valence-corrected chi connectivity index (χ0v) is 15.0. The number of carbonyl (C=O) groups is 1. The molecule has 1 aliphatic heterocycles. The van der Waals surface area contributed by atoms with Crippen LogP contribution in [0.15, 0.2) is 34.9 Å². The number of hydrogen-bond donors (Lipinski definition) is 0. The SMILES string of the molecule is [2H]c1c(CC(=O)C2CCN(C)CC2)ncc2ccc(-c3nnc(C)o3)cc12. The van der Waals surface area contributed by atoms with Crippen LogP contribution in [0.2, 0.25) is 0 Å². The molecule has 1 fully saturated rings. The lowest BCUT2D eigenvalue weighted by Gasteiger charge is -2.27. The van der Waals surface area contributed by atoms with Crippen LogP contribution < -0.4 is 0 Å². The van der Waals surface area contributed by atoms with E-state index in [1.807, 2.05) is 18.2 Å². The molecule has 134 valence electrons. The molecule has 1 aliphatic rings. The van der Waals surface area contributed by atoms with Gasteiger partial charge in [0.05, 0.1) is 1.37 Å². The fraction of sp³-hybridized carbons (Fsp3) is 0.400. The summed E-state index contributed by atoms with van der Waals surface area (Å²) in [6, 6.07) is 5.92. The van der Waals surface area contributed by atoms with E-state index in [4.69, 9.17) is 5.79 Å². The average Bonchev–Trinajstić information content (AvgIpc) is 3.11. The van der Waals surface area contributed by atoms with Crippen molar-refractivity contribution >= 4 is 16.6 Å². The van der Waals surface area contributed by atoms with Gasteiger partial charge >= 0.3 is 0 Å². The topological polar surface area (TPSA) is 72.1 Å². The lowest BCUT2D eigenvalue weighted by atomic mass is 9.90. The number of aromatic nitrogens is 3. The minimum absolute atomic E-state index is 0.0748. The summed E-state index contributed by atoms with van der Waals surface area (Å²) in [6.45, 7) is 3.63. The first-order chi connectivity index (χ1) is 13.0. The van der Waals surface area contributed by atoms with Crippen LogP contribution in [0.1, 0.15) is 25.8 Å². The van der Waals surface area contributed by atoms with Crippen LogP contribution in [-0.4, -0.2) is 46.0 Å². The standard InChI is InChI=1S/C20H22N4O2/c1-13-22-23-20(26-13)15-3-4-16-12-21-18(10-17(16)9-15)11-19(25)14-5-7-24(2)8-6-14/h3-4,9-10,12,14H,5-8,11H2,1-2H3/i10D. The second-order valence-corrected chi connectivity index (χ2v) is 6.98. The maximum atomic E-state index is 12.7. The Bertz CT molecular complexity index is 993. The van der Waals surface area contributed by atoms with E-state index >= 15 is 0 Å². The maximum Gasteiger partial charge on any atom is 0.247 e. The highest BCUT2D eigenvalue weighted by Crippen LogP contribution is 2.24. The van der Waals surface area contributed by atoms with Gasteiger partial charge in [-0.05, 0) is 56.5 Å². The third kappa shape index (κ3) is 3.51. The fourth-order valence-corrected chi connectivity index (χ4v) is 3.39. The third-order valence-electron chi connectivity index (χ3n) is 4.98. The van der Waals surface area contributed by atoms with Crippen LogP contribution in [-0.2, 0) is 11.2 Å². The van der Waals surface area contributed by atoms with Crippen molar-refractivity contribution in [2.45, 2.75) is 26.2 Å². The van der Waals surface area contributed by atoms with E-state index in [-0.39, 0.29) is 18.1 Å². The molecule has 3 heterocycles. The zero-order valence-electron chi connectivity index (χ0n) is 16.0. The van der Waals surface area contributed by atoms with E-state index in [1.54, 1.807) is 13.1 Å². The lowest BCUT2D eigenvalue weighted by Crippen LogP contribution is -2.34. The van der Waals surface area contributed by atoms with Crippen LogP contribution in [0.5, 0.6) is 0 Å². The number of carbonyl (C=O) groups excluding carboxylic acids is 1. The summed E-state index contributed by atoms with van der Waals surface area (Å²) in [7, 11) is 2.08. The van der Waals surface area contributed by atoms with Crippen molar-refractivity contribution in [3.63, 3.8) is 0 Å². The molecule has 0 bridgehead atoms. The molecule has 2 aromatic heterocycles. The zero-order chi connectivity index (χ0) is 19.0. The third-order valence-corrected chi connectivity index (χ3v) is 4.98. The van der Waals surface area contributed by atoms with Gasteiger partial charge in [0, 0.05) is 42.1 Å². The Kier molecular flexibility index (Phi) is 4.18. The highest BCUT2D eigenvalue weighted by Gasteiger charge is 2.23. The number of nitrogens with zero attached hydrogens (tertiary/aromatic N) is 4. The van der Waals surface area contributed by atoms with Crippen molar-refractivity contribution in [1.29, 1.82) is 0 Å². The van der Waals surface area contributed by atoms with Gasteiger partial charge in [-0.3, -0.25) is 9.78 Å². The van der Waals surface area contributed by atoms with Crippen molar-refractivity contribution in [1.82, 2.24) is 20.1 Å². The second-order valence-electron chi connectivity index (χ2n) is 6.98. The van der Waals surface area contributed by atoms with E-state index in [0.717, 1.165) is 42.3 Å². The van der Waals surface area contributed by atoms with Gasteiger partial charge in [0.1, 0.15) is 5.78 Å². The molecule has 3 aromatic rings. The van der Waals surface area contributed by atoms with Crippen molar-refractivity contribution in [3.05, 3.63) is 42.0 Å².